The van der Waals surface area contributed by atoms with Gasteiger partial charge in [-0.15, -0.1) is 18.3 Å². The summed E-state index contributed by atoms with van der Waals surface area (Å²) in [5.41, 5.74) is 0. The summed E-state index contributed by atoms with van der Waals surface area (Å²) in [6.07, 6.45) is 4.87. The van der Waals surface area contributed by atoms with E-state index in [0.29, 0.717) is 4.75 Å². The average Bonchev–Trinajstić information content (AvgIpc) is 2.50. The maximum atomic E-state index is 3.79. The van der Waals surface area contributed by atoms with Gasteiger partial charge in [0.1, 0.15) is 0 Å². The van der Waals surface area contributed by atoms with Gasteiger partial charge in [-0.25, -0.2) is 0 Å². The Kier molecular flexibility index (Phi) is 1.90. The van der Waals surface area contributed by atoms with E-state index in [-0.39, 0.29) is 0 Å². The first kappa shape index (κ1) is 7.20. The molecule has 0 saturated heterocycles. The number of thioether (sulfide) groups is 1. The second-order valence-corrected chi connectivity index (χ2v) is 5.08. The fourth-order valence-electron chi connectivity index (χ4n) is 0.664. The number of hydrogen-bond acceptors (Lipinski definition) is 1. The van der Waals surface area contributed by atoms with Crippen molar-refractivity contribution in [3.05, 3.63) is 12.7 Å². The highest BCUT2D eigenvalue weighted by Crippen LogP contribution is 2.42. The molecule has 0 aromatic heterocycles. The molecule has 1 aliphatic carbocycles. The maximum Gasteiger partial charge on any atom is 0.0282 e. The van der Waals surface area contributed by atoms with Gasteiger partial charge in [-0.05, 0) is 26.7 Å². The second-order valence-electron chi connectivity index (χ2n) is 3.12. The number of hydrogen-bond donors (Lipinski definition) is 0. The van der Waals surface area contributed by atoms with Gasteiger partial charge < -0.3 is 0 Å². The van der Waals surface area contributed by atoms with Crippen molar-refractivity contribution >= 4 is 11.8 Å². The van der Waals surface area contributed by atoms with E-state index < -0.39 is 0 Å². The topological polar surface area (TPSA) is 0 Å². The molecule has 0 aromatic carbocycles. The van der Waals surface area contributed by atoms with E-state index in [1.54, 1.807) is 0 Å². The van der Waals surface area contributed by atoms with Crippen LogP contribution in [-0.4, -0.2) is 10.00 Å². The van der Waals surface area contributed by atoms with E-state index in [9.17, 15) is 0 Å². The Hall–Kier alpha value is 0.0900. The van der Waals surface area contributed by atoms with Crippen LogP contribution in [0.5, 0.6) is 0 Å². The molecule has 0 aromatic rings. The van der Waals surface area contributed by atoms with Crippen LogP contribution in [0.1, 0.15) is 26.7 Å². The fraction of sp³-hybridized carbons (Fsp3) is 0.750. The average molecular weight is 142 g/mol. The van der Waals surface area contributed by atoms with Crippen LogP contribution < -0.4 is 0 Å². The monoisotopic (exact) mass is 142 g/mol. The van der Waals surface area contributed by atoms with Crippen molar-refractivity contribution in [2.75, 3.05) is 0 Å². The highest BCUT2D eigenvalue weighted by molar-refractivity contribution is 8.01. The van der Waals surface area contributed by atoms with Gasteiger partial charge in [0.25, 0.3) is 0 Å². The van der Waals surface area contributed by atoms with Crippen LogP contribution in [-0.2, 0) is 0 Å². The van der Waals surface area contributed by atoms with Crippen molar-refractivity contribution in [3.63, 3.8) is 0 Å². The summed E-state index contributed by atoms with van der Waals surface area (Å²) in [6, 6.07) is 0. The van der Waals surface area contributed by atoms with E-state index in [1.807, 2.05) is 17.8 Å². The summed E-state index contributed by atoms with van der Waals surface area (Å²) in [4.78, 5) is 0. The summed E-state index contributed by atoms with van der Waals surface area (Å²) in [7, 11) is 0. The standard InChI is InChI=1S/C8H14S/c1-4-8(2,3)9-7-5-6-7/h4,7H,1,5-6H2,2-3H3. The van der Waals surface area contributed by atoms with Crippen molar-refractivity contribution in [3.8, 4) is 0 Å². The maximum absolute atomic E-state index is 3.79. The first-order valence-electron chi connectivity index (χ1n) is 3.45. The van der Waals surface area contributed by atoms with Gasteiger partial charge in [-0.2, -0.15) is 0 Å². The predicted molar refractivity (Wildman–Crippen MR) is 44.9 cm³/mol. The van der Waals surface area contributed by atoms with Gasteiger partial charge in [0, 0.05) is 10.00 Å². The third kappa shape index (κ3) is 2.44. The van der Waals surface area contributed by atoms with Crippen LogP contribution in [0.25, 0.3) is 0 Å². The molecule has 0 bridgehead atoms. The third-order valence-corrected chi connectivity index (χ3v) is 3.07. The Morgan fingerprint density at radius 2 is 2.11 bits per heavy atom. The minimum Gasteiger partial charge on any atom is -0.148 e. The van der Waals surface area contributed by atoms with Gasteiger partial charge in [0.05, 0.1) is 0 Å². The van der Waals surface area contributed by atoms with Crippen LogP contribution >= 0.6 is 11.8 Å². The molecule has 0 atom stereocenters. The minimum atomic E-state index is 0.307. The van der Waals surface area contributed by atoms with Gasteiger partial charge in [-0.1, -0.05) is 6.08 Å². The molecule has 0 N–H and O–H groups in total. The smallest absolute Gasteiger partial charge is 0.0282 e. The highest BCUT2D eigenvalue weighted by Gasteiger charge is 2.28. The van der Waals surface area contributed by atoms with E-state index in [1.165, 1.54) is 12.8 Å². The fourth-order valence-corrected chi connectivity index (χ4v) is 1.99. The molecule has 0 spiro atoms. The molecule has 1 heteroatoms. The van der Waals surface area contributed by atoms with E-state index >= 15 is 0 Å². The van der Waals surface area contributed by atoms with Crippen molar-refractivity contribution in [2.45, 2.75) is 36.7 Å². The lowest BCUT2D eigenvalue weighted by Gasteiger charge is -2.17. The lowest BCUT2D eigenvalue weighted by molar-refractivity contribution is 0.899. The van der Waals surface area contributed by atoms with Gasteiger partial charge in [0.15, 0.2) is 0 Å². The molecule has 9 heavy (non-hydrogen) atoms. The molecule has 0 heterocycles. The molecule has 1 saturated carbocycles. The summed E-state index contributed by atoms with van der Waals surface area (Å²) >= 11 is 2.05. The molecule has 0 aliphatic heterocycles. The van der Waals surface area contributed by atoms with Gasteiger partial charge >= 0.3 is 0 Å². The Balaban J connectivity index is 2.29. The van der Waals surface area contributed by atoms with E-state index in [0.717, 1.165) is 5.25 Å². The molecule has 0 nitrogen and oxygen atoms in total. The lowest BCUT2D eigenvalue weighted by atomic mass is 10.2. The van der Waals surface area contributed by atoms with Crippen LogP contribution in [0.2, 0.25) is 0 Å². The SMILES string of the molecule is C=CC(C)(C)SC1CC1. The largest absolute Gasteiger partial charge is 0.148 e. The van der Waals surface area contributed by atoms with Crippen LogP contribution in [0.3, 0.4) is 0 Å². The Morgan fingerprint density at radius 1 is 1.56 bits per heavy atom. The van der Waals surface area contributed by atoms with Crippen molar-refractivity contribution in [2.24, 2.45) is 0 Å². The summed E-state index contributed by atoms with van der Waals surface area (Å²) in [6.45, 7) is 8.24. The normalized spacial score (nSPS) is 19.8. The first-order chi connectivity index (χ1) is 4.14. The van der Waals surface area contributed by atoms with Crippen molar-refractivity contribution < 1.29 is 0 Å². The predicted octanol–water partition coefficient (Wildman–Crippen LogP) is 2.85. The molecule has 0 unspecified atom stereocenters. The number of rotatable bonds is 3. The molecule has 0 radical (unpaired) electrons. The second kappa shape index (κ2) is 2.37. The zero-order valence-corrected chi connectivity index (χ0v) is 7.00. The molecule has 0 amide bonds. The quantitative estimate of drug-likeness (QED) is 0.546. The Labute approximate surface area is 61.7 Å². The summed E-state index contributed by atoms with van der Waals surface area (Å²) in [5.74, 6) is 0. The lowest BCUT2D eigenvalue weighted by Crippen LogP contribution is -2.10. The van der Waals surface area contributed by atoms with Crippen molar-refractivity contribution in [1.82, 2.24) is 0 Å². The highest BCUT2D eigenvalue weighted by atomic mass is 32.2. The van der Waals surface area contributed by atoms with Crippen LogP contribution in [0.15, 0.2) is 12.7 Å². The minimum absolute atomic E-state index is 0.307. The van der Waals surface area contributed by atoms with Crippen molar-refractivity contribution in [1.29, 1.82) is 0 Å². The summed E-state index contributed by atoms with van der Waals surface area (Å²) < 4.78 is 0.307. The van der Waals surface area contributed by atoms with Crippen LogP contribution in [0.4, 0.5) is 0 Å². The zero-order chi connectivity index (χ0) is 6.91. The Bertz CT molecular complexity index is 112. The molecular weight excluding hydrogens is 128 g/mol. The summed E-state index contributed by atoms with van der Waals surface area (Å²) in [5, 5.41) is 0.943. The van der Waals surface area contributed by atoms with Crippen LogP contribution in [0, 0.1) is 0 Å². The molecule has 52 valence electrons. The molecule has 1 aliphatic rings. The first-order valence-corrected chi connectivity index (χ1v) is 4.33. The van der Waals surface area contributed by atoms with E-state index in [2.05, 4.69) is 20.4 Å². The molecular formula is C8H14S. The zero-order valence-electron chi connectivity index (χ0n) is 6.18. The van der Waals surface area contributed by atoms with Gasteiger partial charge in [-0.3, -0.25) is 0 Å². The van der Waals surface area contributed by atoms with E-state index in [4.69, 9.17) is 0 Å². The molecule has 1 fully saturated rings. The Morgan fingerprint density at radius 3 is 2.44 bits per heavy atom. The third-order valence-electron chi connectivity index (χ3n) is 1.49. The molecule has 1 rings (SSSR count). The van der Waals surface area contributed by atoms with Gasteiger partial charge in [0.2, 0.25) is 0 Å².